The van der Waals surface area contributed by atoms with E-state index in [1.807, 2.05) is 0 Å². The number of carbonyl (C=O) groups excluding carboxylic acids is 1. The summed E-state index contributed by atoms with van der Waals surface area (Å²) in [7, 11) is 0. The van der Waals surface area contributed by atoms with E-state index < -0.39 is 6.10 Å². The first-order chi connectivity index (χ1) is 8.08. The summed E-state index contributed by atoms with van der Waals surface area (Å²) in [5.41, 5.74) is 6.37. The van der Waals surface area contributed by atoms with Crippen LogP contribution >= 0.6 is 0 Å². The van der Waals surface area contributed by atoms with E-state index in [0.717, 1.165) is 0 Å². The number of amides is 1. The highest BCUT2D eigenvalue weighted by Crippen LogP contribution is 2.35. The average Bonchev–Trinajstić information content (AvgIpc) is 2.71. The molecule has 6 nitrogen and oxygen atoms in total. The Hall–Kier alpha value is -1.95. The van der Waals surface area contributed by atoms with Crippen LogP contribution in [0.15, 0.2) is 12.1 Å². The molecule has 2 rings (SSSR count). The van der Waals surface area contributed by atoms with Gasteiger partial charge in [0, 0.05) is 18.3 Å². The second-order valence-electron chi connectivity index (χ2n) is 3.85. The van der Waals surface area contributed by atoms with E-state index >= 15 is 0 Å². The van der Waals surface area contributed by atoms with E-state index in [9.17, 15) is 4.79 Å². The standard InChI is InChI=1S/C11H14N2O4/c1-6(14)4-13-11(15)7-2-9-10(3-8(7)12)17-5-16-9/h2-3,6,14H,4-5,12H2,1H3,(H,13,15). The maximum Gasteiger partial charge on any atom is 0.253 e. The first-order valence-corrected chi connectivity index (χ1v) is 5.23. The van der Waals surface area contributed by atoms with Crippen LogP contribution in [0.2, 0.25) is 0 Å². The predicted molar refractivity (Wildman–Crippen MR) is 61.0 cm³/mol. The second kappa shape index (κ2) is 4.50. The fourth-order valence-corrected chi connectivity index (χ4v) is 1.49. The van der Waals surface area contributed by atoms with Gasteiger partial charge >= 0.3 is 0 Å². The summed E-state index contributed by atoms with van der Waals surface area (Å²) in [6.45, 7) is 1.89. The maximum absolute atomic E-state index is 11.8. The quantitative estimate of drug-likeness (QED) is 0.650. The van der Waals surface area contributed by atoms with E-state index in [-0.39, 0.29) is 19.2 Å². The van der Waals surface area contributed by atoms with E-state index in [1.165, 1.54) is 6.07 Å². The van der Waals surface area contributed by atoms with Gasteiger partial charge in [-0.15, -0.1) is 0 Å². The molecule has 0 bridgehead atoms. The van der Waals surface area contributed by atoms with E-state index in [4.69, 9.17) is 20.3 Å². The van der Waals surface area contributed by atoms with Crippen molar-refractivity contribution in [3.8, 4) is 11.5 Å². The fraction of sp³-hybridized carbons (Fsp3) is 0.364. The van der Waals surface area contributed by atoms with Crippen molar-refractivity contribution in [1.29, 1.82) is 0 Å². The van der Waals surface area contributed by atoms with Gasteiger partial charge in [-0.25, -0.2) is 0 Å². The van der Waals surface area contributed by atoms with Gasteiger partial charge < -0.3 is 25.6 Å². The molecule has 6 heteroatoms. The molecule has 1 aromatic carbocycles. The highest BCUT2D eigenvalue weighted by atomic mass is 16.7. The zero-order chi connectivity index (χ0) is 12.4. The molecular formula is C11H14N2O4. The second-order valence-corrected chi connectivity index (χ2v) is 3.85. The van der Waals surface area contributed by atoms with Crippen LogP contribution < -0.4 is 20.5 Å². The number of aliphatic hydroxyl groups is 1. The molecule has 17 heavy (non-hydrogen) atoms. The predicted octanol–water partition coefficient (Wildman–Crippen LogP) is 0.108. The third-order valence-electron chi connectivity index (χ3n) is 2.35. The number of hydrogen-bond acceptors (Lipinski definition) is 5. The smallest absolute Gasteiger partial charge is 0.253 e. The minimum atomic E-state index is -0.603. The zero-order valence-corrected chi connectivity index (χ0v) is 9.40. The van der Waals surface area contributed by atoms with Crippen LogP contribution in [0.5, 0.6) is 11.5 Å². The number of anilines is 1. The minimum Gasteiger partial charge on any atom is -0.454 e. The van der Waals surface area contributed by atoms with Crippen molar-refractivity contribution in [1.82, 2.24) is 5.32 Å². The molecule has 1 heterocycles. The van der Waals surface area contributed by atoms with Crippen LogP contribution in [0.4, 0.5) is 5.69 Å². The number of fused-ring (bicyclic) bond motifs is 1. The molecule has 1 atom stereocenters. The molecule has 1 aromatic rings. The monoisotopic (exact) mass is 238 g/mol. The summed E-state index contributed by atoms with van der Waals surface area (Å²) in [4.78, 5) is 11.8. The lowest BCUT2D eigenvalue weighted by molar-refractivity contribution is 0.0924. The Bertz CT molecular complexity index is 445. The lowest BCUT2D eigenvalue weighted by atomic mass is 10.1. The first-order valence-electron chi connectivity index (χ1n) is 5.23. The number of aliphatic hydroxyl groups excluding tert-OH is 1. The molecule has 0 aromatic heterocycles. The van der Waals surface area contributed by atoms with Crippen LogP contribution in [0.25, 0.3) is 0 Å². The maximum atomic E-state index is 11.8. The van der Waals surface area contributed by atoms with Crippen LogP contribution in [-0.4, -0.2) is 30.5 Å². The van der Waals surface area contributed by atoms with E-state index in [0.29, 0.717) is 22.7 Å². The average molecular weight is 238 g/mol. The highest BCUT2D eigenvalue weighted by molar-refractivity contribution is 6.00. The SMILES string of the molecule is CC(O)CNC(=O)c1cc2c(cc1N)OCO2. The Morgan fingerprint density at radius 3 is 2.82 bits per heavy atom. The van der Waals surface area contributed by atoms with Crippen LogP contribution in [0.3, 0.4) is 0 Å². The van der Waals surface area contributed by atoms with Crippen molar-refractivity contribution < 1.29 is 19.4 Å². The van der Waals surface area contributed by atoms with Gasteiger partial charge in [0.1, 0.15) is 0 Å². The summed E-state index contributed by atoms with van der Waals surface area (Å²) in [6.07, 6.45) is -0.603. The molecule has 1 unspecified atom stereocenters. The molecule has 0 radical (unpaired) electrons. The Labute approximate surface area is 98.3 Å². The molecule has 4 N–H and O–H groups in total. The third kappa shape index (κ3) is 2.42. The van der Waals surface area contributed by atoms with Gasteiger partial charge in [0.2, 0.25) is 6.79 Å². The minimum absolute atomic E-state index is 0.132. The summed E-state index contributed by atoms with van der Waals surface area (Å²) in [6, 6.07) is 3.09. The molecule has 0 aliphatic carbocycles. The number of benzene rings is 1. The fourth-order valence-electron chi connectivity index (χ4n) is 1.49. The number of carbonyl (C=O) groups is 1. The number of nitrogens with one attached hydrogen (secondary N) is 1. The molecule has 0 saturated carbocycles. The van der Waals surface area contributed by atoms with Gasteiger partial charge in [0.25, 0.3) is 5.91 Å². The summed E-state index contributed by atoms with van der Waals surface area (Å²) in [5, 5.41) is 11.6. The molecule has 1 aliphatic heterocycles. The number of ether oxygens (including phenoxy) is 2. The molecular weight excluding hydrogens is 224 g/mol. The van der Waals surface area contributed by atoms with E-state index in [2.05, 4.69) is 5.32 Å². The van der Waals surface area contributed by atoms with Gasteiger partial charge in [-0.2, -0.15) is 0 Å². The molecule has 0 saturated heterocycles. The molecule has 92 valence electrons. The first kappa shape index (κ1) is 11.5. The number of nitrogens with two attached hydrogens (primary N) is 1. The Morgan fingerprint density at radius 1 is 1.53 bits per heavy atom. The van der Waals surface area contributed by atoms with Gasteiger partial charge in [-0.05, 0) is 13.0 Å². The summed E-state index contributed by atoms with van der Waals surface area (Å²) in [5.74, 6) is 0.692. The van der Waals surface area contributed by atoms with Crippen molar-refractivity contribution in [2.24, 2.45) is 0 Å². The molecule has 0 spiro atoms. The van der Waals surface area contributed by atoms with Gasteiger partial charge in [0.15, 0.2) is 11.5 Å². The lowest BCUT2D eigenvalue weighted by Gasteiger charge is -2.09. The topological polar surface area (TPSA) is 93.8 Å². The zero-order valence-electron chi connectivity index (χ0n) is 9.40. The van der Waals surface area contributed by atoms with Gasteiger partial charge in [-0.1, -0.05) is 0 Å². The normalized spacial score (nSPS) is 14.5. The van der Waals surface area contributed by atoms with Crippen molar-refractivity contribution in [2.75, 3.05) is 19.1 Å². The van der Waals surface area contributed by atoms with Crippen LogP contribution in [0.1, 0.15) is 17.3 Å². The van der Waals surface area contributed by atoms with Crippen molar-refractivity contribution in [2.45, 2.75) is 13.0 Å². The van der Waals surface area contributed by atoms with Crippen LogP contribution in [0, 0.1) is 0 Å². The lowest BCUT2D eigenvalue weighted by Crippen LogP contribution is -2.31. The van der Waals surface area contributed by atoms with Crippen molar-refractivity contribution in [3.63, 3.8) is 0 Å². The third-order valence-corrected chi connectivity index (χ3v) is 2.35. The molecule has 1 aliphatic rings. The van der Waals surface area contributed by atoms with Gasteiger partial charge in [-0.3, -0.25) is 4.79 Å². The van der Waals surface area contributed by atoms with E-state index in [1.54, 1.807) is 13.0 Å². The van der Waals surface area contributed by atoms with Crippen molar-refractivity contribution >= 4 is 11.6 Å². The van der Waals surface area contributed by atoms with Crippen LogP contribution in [-0.2, 0) is 0 Å². The Morgan fingerprint density at radius 2 is 2.18 bits per heavy atom. The molecule has 0 fully saturated rings. The summed E-state index contributed by atoms with van der Waals surface area (Å²) < 4.78 is 10.3. The number of hydrogen-bond donors (Lipinski definition) is 3. The number of nitrogen functional groups attached to an aromatic ring is 1. The number of rotatable bonds is 3. The van der Waals surface area contributed by atoms with Gasteiger partial charge in [0.05, 0.1) is 11.7 Å². The molecule has 1 amide bonds. The Kier molecular flexibility index (Phi) is 3.06. The Balaban J connectivity index is 2.18. The summed E-state index contributed by atoms with van der Waals surface area (Å²) >= 11 is 0. The highest BCUT2D eigenvalue weighted by Gasteiger charge is 2.19. The van der Waals surface area contributed by atoms with Crippen molar-refractivity contribution in [3.05, 3.63) is 17.7 Å². The largest absolute Gasteiger partial charge is 0.454 e.